The average molecular weight is 783 g/mol. The van der Waals surface area contributed by atoms with E-state index in [1.54, 1.807) is 0 Å². The lowest BCUT2D eigenvalue weighted by atomic mass is 9.73. The second kappa shape index (κ2) is 21.4. The van der Waals surface area contributed by atoms with Crippen LogP contribution in [-0.4, -0.2) is 39.1 Å². The van der Waals surface area contributed by atoms with Gasteiger partial charge in [-0.25, -0.2) is 4.79 Å². The molecule has 7 heteroatoms. The standard InChI is InChI=1S/C49H70O6Si/c1-8-12-14-21-42(54-49(51)36(7)39-25-23-37(24-26-39)29-35(5)6)27-28-43-44-30-40-20-17-22-46(52-34-48(50)53-33-38-18-15-13-16-19-38)45(40)31-41(44)32-47(43)55-56(9-2,10-3)11-4/h13,15-20,22-26,35-36,41-44,47H,8-12,14,21,27-34H2,1-7H3/t36?,41-,42-,43+,44-,47+/m0/s1. The molecule has 1 fully saturated rings. The molecule has 56 heavy (non-hydrogen) atoms. The molecular formula is C49H70O6Si. The first-order chi connectivity index (χ1) is 27.1. The molecular weight excluding hydrogens is 713 g/mol. The highest BCUT2D eigenvalue weighted by Gasteiger charge is 2.48. The lowest BCUT2D eigenvalue weighted by Crippen LogP contribution is -2.42. The van der Waals surface area contributed by atoms with E-state index in [9.17, 15) is 9.59 Å². The summed E-state index contributed by atoms with van der Waals surface area (Å²) in [5, 5.41) is 0. The Kier molecular flexibility index (Phi) is 16.7. The molecule has 0 radical (unpaired) electrons. The molecule has 0 heterocycles. The van der Waals surface area contributed by atoms with Gasteiger partial charge < -0.3 is 18.6 Å². The Labute approximate surface area is 339 Å². The van der Waals surface area contributed by atoms with Gasteiger partial charge in [-0.05, 0) is 134 Å². The van der Waals surface area contributed by atoms with E-state index in [1.165, 1.54) is 16.7 Å². The highest BCUT2D eigenvalue weighted by molar-refractivity contribution is 6.73. The molecule has 0 saturated heterocycles. The quantitative estimate of drug-likeness (QED) is 0.0574. The SMILES string of the molecule is CCCCC[C@@H](CC[C@@H]1[C@H]2Cc3cccc(OCC(=O)OCc4ccccc4)c3C[C@H]2C[C@H]1O[Si](CC)(CC)CC)OC(=O)C(C)c1ccc(CC(C)C)cc1. The zero-order chi connectivity index (χ0) is 40.1. The molecule has 0 aliphatic heterocycles. The molecule has 6 atom stereocenters. The summed E-state index contributed by atoms with van der Waals surface area (Å²) in [5.74, 6) is 1.99. The van der Waals surface area contributed by atoms with Crippen LogP contribution in [0.3, 0.4) is 0 Å². The minimum atomic E-state index is -1.87. The van der Waals surface area contributed by atoms with Crippen molar-refractivity contribution in [1.82, 2.24) is 0 Å². The number of carbonyl (C=O) groups is 2. The van der Waals surface area contributed by atoms with Crippen LogP contribution in [-0.2, 0) is 49.4 Å². The van der Waals surface area contributed by atoms with E-state index in [2.05, 4.69) is 77.9 Å². The number of rotatable bonds is 22. The molecule has 6 nitrogen and oxygen atoms in total. The largest absolute Gasteiger partial charge is 0.482 e. The molecule has 0 bridgehead atoms. The maximum absolute atomic E-state index is 13.7. The molecule has 2 aliphatic rings. The summed E-state index contributed by atoms with van der Waals surface area (Å²) in [7, 11) is -1.87. The molecule has 3 aromatic rings. The zero-order valence-corrected chi connectivity index (χ0v) is 36.5. The summed E-state index contributed by atoms with van der Waals surface area (Å²) < 4.78 is 25.5. The van der Waals surface area contributed by atoms with Crippen molar-refractivity contribution in [2.24, 2.45) is 23.7 Å². The van der Waals surface area contributed by atoms with Crippen LogP contribution in [0.25, 0.3) is 0 Å². The van der Waals surface area contributed by atoms with Crippen LogP contribution < -0.4 is 4.74 Å². The van der Waals surface area contributed by atoms with E-state index >= 15 is 0 Å². The summed E-state index contributed by atoms with van der Waals surface area (Å²) in [5.41, 5.74) is 5.83. The van der Waals surface area contributed by atoms with Gasteiger partial charge in [0.05, 0.1) is 5.92 Å². The molecule has 5 rings (SSSR count). The third kappa shape index (κ3) is 11.8. The molecule has 306 valence electrons. The zero-order valence-electron chi connectivity index (χ0n) is 35.5. The summed E-state index contributed by atoms with van der Waals surface area (Å²) in [4.78, 5) is 26.4. The average Bonchev–Trinajstić information content (AvgIpc) is 3.54. The van der Waals surface area contributed by atoms with Crippen molar-refractivity contribution in [3.8, 4) is 5.75 Å². The Hall–Kier alpha value is -3.42. The number of ether oxygens (including phenoxy) is 3. The number of carbonyl (C=O) groups excluding carboxylic acids is 2. The van der Waals surface area contributed by atoms with Crippen LogP contribution in [0.5, 0.6) is 5.75 Å². The molecule has 2 aliphatic carbocycles. The van der Waals surface area contributed by atoms with Crippen LogP contribution in [0.4, 0.5) is 0 Å². The van der Waals surface area contributed by atoms with Gasteiger partial charge >= 0.3 is 11.9 Å². The summed E-state index contributed by atoms with van der Waals surface area (Å²) in [6.07, 6.45) is 10.2. The van der Waals surface area contributed by atoms with E-state index < -0.39 is 8.32 Å². The first-order valence-corrected chi connectivity index (χ1v) is 24.5. The van der Waals surface area contributed by atoms with Gasteiger partial charge in [0.1, 0.15) is 18.5 Å². The van der Waals surface area contributed by atoms with Crippen molar-refractivity contribution in [2.45, 2.75) is 156 Å². The first kappa shape index (κ1) is 43.7. The van der Waals surface area contributed by atoms with Gasteiger partial charge in [0.15, 0.2) is 14.9 Å². The van der Waals surface area contributed by atoms with E-state index in [1.807, 2.05) is 43.3 Å². The Morgan fingerprint density at radius 2 is 1.54 bits per heavy atom. The van der Waals surface area contributed by atoms with E-state index in [0.29, 0.717) is 23.7 Å². The Morgan fingerprint density at radius 3 is 2.21 bits per heavy atom. The molecule has 1 unspecified atom stereocenters. The normalized spacial score (nSPS) is 20.2. The fraction of sp³-hybridized carbons (Fsp3) is 0.592. The van der Waals surface area contributed by atoms with E-state index in [0.717, 1.165) is 99.2 Å². The predicted molar refractivity (Wildman–Crippen MR) is 229 cm³/mol. The van der Waals surface area contributed by atoms with Gasteiger partial charge in [-0.1, -0.05) is 121 Å². The van der Waals surface area contributed by atoms with Gasteiger partial charge in [0, 0.05) is 6.10 Å². The minimum absolute atomic E-state index is 0.0977. The van der Waals surface area contributed by atoms with E-state index in [-0.39, 0.29) is 43.3 Å². The van der Waals surface area contributed by atoms with Gasteiger partial charge in [-0.15, -0.1) is 0 Å². The van der Waals surface area contributed by atoms with E-state index in [4.69, 9.17) is 18.6 Å². The third-order valence-corrected chi connectivity index (χ3v) is 17.6. The van der Waals surface area contributed by atoms with Gasteiger partial charge in [0.2, 0.25) is 0 Å². The second-order valence-electron chi connectivity index (χ2n) is 17.2. The third-order valence-electron chi connectivity index (χ3n) is 13.0. The number of fused-ring (bicyclic) bond motifs is 2. The van der Waals surface area contributed by atoms with Crippen molar-refractivity contribution < 1.29 is 28.2 Å². The maximum Gasteiger partial charge on any atom is 0.344 e. The maximum atomic E-state index is 13.7. The number of unbranched alkanes of at least 4 members (excludes halogenated alkanes) is 2. The number of hydrogen-bond acceptors (Lipinski definition) is 6. The van der Waals surface area contributed by atoms with Crippen LogP contribution >= 0.6 is 0 Å². The van der Waals surface area contributed by atoms with Crippen LogP contribution in [0, 0.1) is 23.7 Å². The Morgan fingerprint density at radius 1 is 0.804 bits per heavy atom. The van der Waals surface area contributed by atoms with Crippen molar-refractivity contribution in [1.29, 1.82) is 0 Å². The summed E-state index contributed by atoms with van der Waals surface area (Å²) in [6.45, 7) is 15.8. The monoisotopic (exact) mass is 782 g/mol. The lowest BCUT2D eigenvalue weighted by Gasteiger charge is -2.36. The van der Waals surface area contributed by atoms with Crippen molar-refractivity contribution in [2.75, 3.05) is 6.61 Å². The molecule has 3 aromatic carbocycles. The smallest absolute Gasteiger partial charge is 0.344 e. The number of esters is 2. The molecule has 0 spiro atoms. The van der Waals surface area contributed by atoms with Crippen molar-refractivity contribution in [3.63, 3.8) is 0 Å². The summed E-state index contributed by atoms with van der Waals surface area (Å²) in [6, 6.07) is 28.0. The van der Waals surface area contributed by atoms with Gasteiger partial charge in [-0.3, -0.25) is 4.79 Å². The number of hydrogen-bond donors (Lipinski definition) is 0. The van der Waals surface area contributed by atoms with Gasteiger partial charge in [-0.2, -0.15) is 0 Å². The highest BCUT2D eigenvalue weighted by atomic mass is 28.4. The molecule has 0 aromatic heterocycles. The van der Waals surface area contributed by atoms with Crippen molar-refractivity contribution >= 4 is 20.3 Å². The fourth-order valence-corrected chi connectivity index (χ4v) is 12.3. The number of benzene rings is 3. The summed E-state index contributed by atoms with van der Waals surface area (Å²) >= 11 is 0. The van der Waals surface area contributed by atoms with Crippen molar-refractivity contribution in [3.05, 3.63) is 101 Å². The topological polar surface area (TPSA) is 71.1 Å². The fourth-order valence-electron chi connectivity index (χ4n) is 9.36. The molecule has 0 N–H and O–H groups in total. The lowest BCUT2D eigenvalue weighted by molar-refractivity contribution is -0.151. The molecule has 0 amide bonds. The minimum Gasteiger partial charge on any atom is -0.482 e. The van der Waals surface area contributed by atoms with Crippen LogP contribution in [0.15, 0.2) is 72.8 Å². The Bertz CT molecular complexity index is 1640. The highest BCUT2D eigenvalue weighted by Crippen LogP contribution is 2.50. The first-order valence-electron chi connectivity index (χ1n) is 22.0. The second-order valence-corrected chi connectivity index (χ2v) is 21.9. The van der Waals surface area contributed by atoms with Crippen LogP contribution in [0.2, 0.25) is 18.1 Å². The molecule has 1 saturated carbocycles. The predicted octanol–water partition coefficient (Wildman–Crippen LogP) is 11.8. The van der Waals surface area contributed by atoms with Crippen LogP contribution in [0.1, 0.15) is 127 Å². The Balaban J connectivity index is 1.29. The van der Waals surface area contributed by atoms with Gasteiger partial charge in [0.25, 0.3) is 0 Å².